The van der Waals surface area contributed by atoms with Crippen molar-refractivity contribution in [3.05, 3.63) is 65.2 Å². The molecule has 1 aliphatic carbocycles. The molecule has 174 valence electrons. The van der Waals surface area contributed by atoms with E-state index >= 15 is 0 Å². The topological polar surface area (TPSA) is 60.9 Å². The molecule has 3 aliphatic rings. The molecule has 0 radical (unpaired) electrons. The number of aliphatic hydroxyl groups excluding tert-OH is 1. The van der Waals surface area contributed by atoms with Crippen molar-refractivity contribution in [3.8, 4) is 11.8 Å². The number of benzene rings is 2. The molecule has 0 aromatic heterocycles. The molecule has 5 nitrogen and oxygen atoms in total. The van der Waals surface area contributed by atoms with Gasteiger partial charge in [-0.25, -0.2) is 8.42 Å². The smallest absolute Gasteiger partial charge is 0.243 e. The van der Waals surface area contributed by atoms with Gasteiger partial charge in [0.1, 0.15) is 0 Å². The summed E-state index contributed by atoms with van der Waals surface area (Å²) >= 11 is 0. The van der Waals surface area contributed by atoms with Gasteiger partial charge in [0.05, 0.1) is 11.5 Å². The number of hydrogen-bond acceptors (Lipinski definition) is 4. The summed E-state index contributed by atoms with van der Waals surface area (Å²) in [5, 5.41) is 10.2. The van der Waals surface area contributed by atoms with Gasteiger partial charge in [-0.3, -0.25) is 4.90 Å². The van der Waals surface area contributed by atoms with Crippen molar-refractivity contribution in [2.24, 2.45) is 5.92 Å². The Kier molecular flexibility index (Phi) is 6.32. The summed E-state index contributed by atoms with van der Waals surface area (Å²) < 4.78 is 28.7. The lowest BCUT2D eigenvalue weighted by molar-refractivity contribution is -0.0553. The number of rotatable bonds is 4. The lowest BCUT2D eigenvalue weighted by atomic mass is 9.74. The van der Waals surface area contributed by atoms with Crippen molar-refractivity contribution >= 4 is 10.0 Å². The molecule has 2 heterocycles. The van der Waals surface area contributed by atoms with E-state index in [1.807, 2.05) is 13.0 Å². The van der Waals surface area contributed by atoms with E-state index in [-0.39, 0.29) is 24.6 Å². The standard InChI is InChI=1S/C27H32N2O3S/c1-20-5-4-6-24(17-20)33(31,32)28-15-2-3-16-29-25(18-28)27(26(29)19-30)23-13-11-22(12-14-23)10-9-21-7-8-21/h4-6,11-14,17,21,25-27,30H,2-3,7-8,15-16,18-19H2,1H3/t25-,26+,27+/m1/s1. The Labute approximate surface area is 197 Å². The van der Waals surface area contributed by atoms with E-state index < -0.39 is 10.0 Å². The third-order valence-electron chi connectivity index (χ3n) is 7.25. The third-order valence-corrected chi connectivity index (χ3v) is 9.11. The Bertz CT molecular complexity index is 1160. The molecule has 0 unspecified atom stereocenters. The van der Waals surface area contributed by atoms with Crippen LogP contribution in [0.2, 0.25) is 0 Å². The molecule has 2 saturated heterocycles. The first kappa shape index (κ1) is 22.6. The van der Waals surface area contributed by atoms with E-state index in [1.54, 1.807) is 22.5 Å². The van der Waals surface area contributed by atoms with Gasteiger partial charge in [-0.2, -0.15) is 4.31 Å². The summed E-state index contributed by atoms with van der Waals surface area (Å²) in [7, 11) is -3.57. The second-order valence-corrected chi connectivity index (χ2v) is 11.6. The van der Waals surface area contributed by atoms with Crippen molar-refractivity contribution < 1.29 is 13.5 Å². The Morgan fingerprint density at radius 3 is 2.52 bits per heavy atom. The first-order valence-corrected chi connectivity index (χ1v) is 13.5. The average Bonchev–Trinajstić information content (AvgIpc) is 3.62. The van der Waals surface area contributed by atoms with Gasteiger partial charge < -0.3 is 5.11 Å². The van der Waals surface area contributed by atoms with Crippen LogP contribution in [0.5, 0.6) is 0 Å². The van der Waals surface area contributed by atoms with Gasteiger partial charge in [0.15, 0.2) is 0 Å². The van der Waals surface area contributed by atoms with Crippen LogP contribution in [0.1, 0.15) is 48.3 Å². The van der Waals surface area contributed by atoms with Gasteiger partial charge in [-0.15, -0.1) is 0 Å². The quantitative estimate of drug-likeness (QED) is 0.705. The number of nitrogens with zero attached hydrogens (tertiary/aromatic N) is 2. The highest BCUT2D eigenvalue weighted by Gasteiger charge is 2.50. The summed E-state index contributed by atoms with van der Waals surface area (Å²) in [5.74, 6) is 7.24. The van der Waals surface area contributed by atoms with Gasteiger partial charge in [-0.05, 0) is 74.5 Å². The van der Waals surface area contributed by atoms with Gasteiger partial charge in [0.2, 0.25) is 10.0 Å². The zero-order valence-electron chi connectivity index (χ0n) is 19.2. The summed E-state index contributed by atoms with van der Waals surface area (Å²) in [5.41, 5.74) is 3.11. The summed E-state index contributed by atoms with van der Waals surface area (Å²) in [6.45, 7) is 3.87. The minimum Gasteiger partial charge on any atom is -0.395 e. The Balaban J connectivity index is 1.40. The SMILES string of the molecule is Cc1cccc(S(=O)(=O)N2CCCCN3[C@H](C2)[C@H](c2ccc(C#CC4CC4)cc2)[C@@H]3CO)c1. The van der Waals surface area contributed by atoms with Crippen LogP contribution in [-0.4, -0.2) is 61.1 Å². The maximum absolute atomic E-state index is 13.5. The van der Waals surface area contributed by atoms with Crippen LogP contribution in [0.4, 0.5) is 0 Å². The highest BCUT2D eigenvalue weighted by Crippen LogP contribution is 2.42. The number of aryl methyl sites for hydroxylation is 1. The first-order chi connectivity index (χ1) is 16.0. The highest BCUT2D eigenvalue weighted by molar-refractivity contribution is 7.89. The van der Waals surface area contributed by atoms with E-state index in [9.17, 15) is 13.5 Å². The highest BCUT2D eigenvalue weighted by atomic mass is 32.2. The molecule has 5 rings (SSSR count). The molecule has 2 aliphatic heterocycles. The normalized spacial score (nSPS) is 26.3. The molecule has 1 saturated carbocycles. The van der Waals surface area contributed by atoms with Crippen molar-refractivity contribution in [1.82, 2.24) is 9.21 Å². The minimum atomic E-state index is -3.57. The minimum absolute atomic E-state index is 0.0278. The predicted octanol–water partition coefficient (Wildman–Crippen LogP) is 3.37. The first-order valence-electron chi connectivity index (χ1n) is 12.0. The van der Waals surface area contributed by atoms with E-state index in [4.69, 9.17) is 0 Å². The van der Waals surface area contributed by atoms with Gasteiger partial charge in [-0.1, -0.05) is 36.1 Å². The fraction of sp³-hybridized carbons (Fsp3) is 0.481. The molecule has 0 bridgehead atoms. The summed E-state index contributed by atoms with van der Waals surface area (Å²) in [4.78, 5) is 2.67. The van der Waals surface area contributed by atoms with Crippen molar-refractivity contribution in [2.45, 2.75) is 55.5 Å². The maximum atomic E-state index is 13.5. The van der Waals surface area contributed by atoms with Crippen LogP contribution in [0.3, 0.4) is 0 Å². The molecule has 3 fully saturated rings. The van der Waals surface area contributed by atoms with Gasteiger partial charge >= 0.3 is 0 Å². The van der Waals surface area contributed by atoms with Crippen LogP contribution in [0.25, 0.3) is 0 Å². The number of fused-ring (bicyclic) bond motifs is 1. The monoisotopic (exact) mass is 464 g/mol. The number of hydrogen-bond donors (Lipinski definition) is 1. The second kappa shape index (κ2) is 9.23. The Hall–Kier alpha value is -2.17. The van der Waals surface area contributed by atoms with Gasteiger partial charge in [0.25, 0.3) is 0 Å². The zero-order chi connectivity index (χ0) is 23.0. The largest absolute Gasteiger partial charge is 0.395 e. The summed E-state index contributed by atoms with van der Waals surface area (Å²) in [6, 6.07) is 15.6. The van der Waals surface area contributed by atoms with Crippen molar-refractivity contribution in [1.29, 1.82) is 0 Å². The number of aliphatic hydroxyl groups is 1. The lowest BCUT2D eigenvalue weighted by Gasteiger charge is -2.57. The molecular formula is C27H32N2O3S. The molecule has 3 atom stereocenters. The predicted molar refractivity (Wildman–Crippen MR) is 129 cm³/mol. The van der Waals surface area contributed by atoms with Crippen molar-refractivity contribution in [3.63, 3.8) is 0 Å². The van der Waals surface area contributed by atoms with E-state index in [1.165, 1.54) is 12.8 Å². The molecule has 2 aromatic rings. The summed E-state index contributed by atoms with van der Waals surface area (Å²) in [6.07, 6.45) is 4.18. The second-order valence-electron chi connectivity index (χ2n) is 9.63. The maximum Gasteiger partial charge on any atom is 0.243 e. The number of sulfonamides is 1. The Morgan fingerprint density at radius 2 is 1.82 bits per heavy atom. The molecular weight excluding hydrogens is 432 g/mol. The fourth-order valence-corrected chi connectivity index (χ4v) is 6.86. The van der Waals surface area contributed by atoms with E-state index in [2.05, 4.69) is 41.0 Å². The molecule has 0 spiro atoms. The molecule has 33 heavy (non-hydrogen) atoms. The third kappa shape index (κ3) is 4.61. The lowest BCUT2D eigenvalue weighted by Crippen LogP contribution is -2.67. The molecule has 1 N–H and O–H groups in total. The van der Waals surface area contributed by atoms with Gasteiger partial charge in [0, 0.05) is 42.6 Å². The molecule has 2 aromatic carbocycles. The van der Waals surface area contributed by atoms with Crippen molar-refractivity contribution in [2.75, 3.05) is 26.2 Å². The van der Waals surface area contributed by atoms with E-state index in [0.717, 1.165) is 36.1 Å². The average molecular weight is 465 g/mol. The fourth-order valence-electron chi connectivity index (χ4n) is 5.25. The van der Waals surface area contributed by atoms with Crippen LogP contribution in [0, 0.1) is 24.7 Å². The van der Waals surface area contributed by atoms with Crippen LogP contribution < -0.4 is 0 Å². The molecule has 0 amide bonds. The van der Waals surface area contributed by atoms with Crippen LogP contribution in [0.15, 0.2) is 53.4 Å². The Morgan fingerprint density at radius 1 is 1.06 bits per heavy atom. The van der Waals surface area contributed by atoms with Crippen LogP contribution >= 0.6 is 0 Å². The zero-order valence-corrected chi connectivity index (χ0v) is 20.0. The molecule has 6 heteroatoms. The van der Waals surface area contributed by atoms with E-state index in [0.29, 0.717) is 23.9 Å². The van der Waals surface area contributed by atoms with Crippen LogP contribution in [-0.2, 0) is 10.0 Å².